The predicted molar refractivity (Wildman–Crippen MR) is 95.1 cm³/mol. The van der Waals surface area contributed by atoms with E-state index >= 15 is 0 Å². The molecule has 0 aliphatic heterocycles. The fourth-order valence-corrected chi connectivity index (χ4v) is 2.06. The van der Waals surface area contributed by atoms with E-state index in [0.717, 1.165) is 12.4 Å². The zero-order valence-electron chi connectivity index (χ0n) is 14.4. The summed E-state index contributed by atoms with van der Waals surface area (Å²) in [5, 5.41) is 6.04. The highest BCUT2D eigenvalue weighted by atomic mass is 16.5. The normalized spacial score (nSPS) is 10.4. The summed E-state index contributed by atoms with van der Waals surface area (Å²) in [4.78, 5) is 16.6. The molecule has 2 N–H and O–H groups in total. The molecule has 0 aliphatic carbocycles. The SMILES string of the molecule is COc1ccc(C(=O)Nc2ccc(NCC(C)C)nc2)cc1OC. The highest BCUT2D eigenvalue weighted by Crippen LogP contribution is 2.27. The van der Waals surface area contributed by atoms with Gasteiger partial charge in [-0.2, -0.15) is 0 Å². The maximum Gasteiger partial charge on any atom is 0.255 e. The zero-order valence-corrected chi connectivity index (χ0v) is 14.4. The smallest absolute Gasteiger partial charge is 0.255 e. The van der Waals surface area contributed by atoms with Gasteiger partial charge in [-0.15, -0.1) is 0 Å². The van der Waals surface area contributed by atoms with Crippen LogP contribution in [0.3, 0.4) is 0 Å². The van der Waals surface area contributed by atoms with Gasteiger partial charge in [0.05, 0.1) is 26.1 Å². The number of rotatable bonds is 7. The number of carbonyl (C=O) groups excluding carboxylic acids is 1. The second-order valence-corrected chi connectivity index (χ2v) is 5.73. The lowest BCUT2D eigenvalue weighted by Crippen LogP contribution is -2.13. The molecule has 24 heavy (non-hydrogen) atoms. The predicted octanol–water partition coefficient (Wildman–Crippen LogP) is 3.42. The van der Waals surface area contributed by atoms with Crippen molar-refractivity contribution >= 4 is 17.4 Å². The number of carbonyl (C=O) groups is 1. The molecular weight excluding hydrogens is 306 g/mol. The second-order valence-electron chi connectivity index (χ2n) is 5.73. The minimum atomic E-state index is -0.236. The van der Waals surface area contributed by atoms with Crippen molar-refractivity contribution in [2.24, 2.45) is 5.92 Å². The summed E-state index contributed by atoms with van der Waals surface area (Å²) in [5.41, 5.74) is 1.11. The Balaban J connectivity index is 2.04. The summed E-state index contributed by atoms with van der Waals surface area (Å²) >= 11 is 0. The molecule has 1 aromatic heterocycles. The van der Waals surface area contributed by atoms with Gasteiger partial charge in [0.25, 0.3) is 5.91 Å². The van der Waals surface area contributed by atoms with Crippen LogP contribution in [0.25, 0.3) is 0 Å². The van der Waals surface area contributed by atoms with Crippen LogP contribution in [0.2, 0.25) is 0 Å². The summed E-state index contributed by atoms with van der Waals surface area (Å²) in [5.74, 6) is 2.18. The largest absolute Gasteiger partial charge is 0.493 e. The monoisotopic (exact) mass is 329 g/mol. The summed E-state index contributed by atoms with van der Waals surface area (Å²) in [7, 11) is 3.09. The second kappa shape index (κ2) is 8.19. The van der Waals surface area contributed by atoms with Crippen molar-refractivity contribution in [3.63, 3.8) is 0 Å². The molecule has 0 radical (unpaired) electrons. The van der Waals surface area contributed by atoms with Gasteiger partial charge in [-0.25, -0.2) is 4.98 Å². The van der Waals surface area contributed by atoms with Crippen molar-refractivity contribution in [3.8, 4) is 11.5 Å². The van der Waals surface area contributed by atoms with Gasteiger partial charge in [0.2, 0.25) is 0 Å². The number of nitrogens with one attached hydrogen (secondary N) is 2. The first-order valence-electron chi connectivity index (χ1n) is 7.76. The average Bonchev–Trinajstić information content (AvgIpc) is 2.60. The lowest BCUT2D eigenvalue weighted by molar-refractivity contribution is 0.102. The molecule has 0 bridgehead atoms. The first-order valence-corrected chi connectivity index (χ1v) is 7.76. The Morgan fingerprint density at radius 3 is 2.46 bits per heavy atom. The average molecular weight is 329 g/mol. The lowest BCUT2D eigenvalue weighted by atomic mass is 10.2. The zero-order chi connectivity index (χ0) is 17.5. The fraction of sp³-hybridized carbons (Fsp3) is 0.333. The highest BCUT2D eigenvalue weighted by molar-refractivity contribution is 6.04. The van der Waals surface area contributed by atoms with E-state index in [1.165, 1.54) is 7.11 Å². The van der Waals surface area contributed by atoms with E-state index in [4.69, 9.17) is 9.47 Å². The summed E-state index contributed by atoms with van der Waals surface area (Å²) in [6.45, 7) is 5.11. The first-order chi connectivity index (χ1) is 11.5. The molecule has 1 heterocycles. The van der Waals surface area contributed by atoms with Crippen LogP contribution in [-0.4, -0.2) is 31.7 Å². The maximum atomic E-state index is 12.3. The number of pyridine rings is 1. The standard InChI is InChI=1S/C18H23N3O3/c1-12(2)10-19-17-8-6-14(11-20-17)21-18(22)13-5-7-15(23-3)16(9-13)24-4/h5-9,11-12H,10H2,1-4H3,(H,19,20)(H,21,22). The number of amides is 1. The number of methoxy groups -OCH3 is 2. The van der Waals surface area contributed by atoms with Crippen molar-refractivity contribution in [1.82, 2.24) is 4.98 Å². The molecule has 0 aliphatic rings. The van der Waals surface area contributed by atoms with Crippen molar-refractivity contribution in [1.29, 1.82) is 0 Å². The van der Waals surface area contributed by atoms with Crippen molar-refractivity contribution in [2.45, 2.75) is 13.8 Å². The molecule has 0 atom stereocenters. The van der Waals surface area contributed by atoms with Crippen LogP contribution in [0.5, 0.6) is 11.5 Å². The van der Waals surface area contributed by atoms with Crippen LogP contribution in [-0.2, 0) is 0 Å². The Morgan fingerprint density at radius 1 is 1.12 bits per heavy atom. The van der Waals surface area contributed by atoms with E-state index in [-0.39, 0.29) is 5.91 Å². The van der Waals surface area contributed by atoms with Crippen LogP contribution in [0, 0.1) is 5.92 Å². The Morgan fingerprint density at radius 2 is 1.88 bits per heavy atom. The third kappa shape index (κ3) is 4.62. The number of benzene rings is 1. The molecule has 0 saturated carbocycles. The molecule has 6 nitrogen and oxygen atoms in total. The molecule has 0 unspecified atom stereocenters. The van der Waals surface area contributed by atoms with Gasteiger partial charge in [-0.3, -0.25) is 4.79 Å². The quantitative estimate of drug-likeness (QED) is 0.814. The molecule has 0 saturated heterocycles. The summed E-state index contributed by atoms with van der Waals surface area (Å²) in [6, 6.07) is 8.68. The van der Waals surface area contributed by atoms with Gasteiger partial charge in [0.15, 0.2) is 11.5 Å². The van der Waals surface area contributed by atoms with Gasteiger partial charge < -0.3 is 20.1 Å². The number of hydrogen-bond donors (Lipinski definition) is 2. The van der Waals surface area contributed by atoms with Crippen LogP contribution in [0.1, 0.15) is 24.2 Å². The number of anilines is 2. The number of ether oxygens (including phenoxy) is 2. The van der Waals surface area contributed by atoms with Crippen molar-refractivity contribution in [2.75, 3.05) is 31.4 Å². The molecule has 128 valence electrons. The Bertz CT molecular complexity index is 684. The first kappa shape index (κ1) is 17.6. The van der Waals surface area contributed by atoms with Crippen LogP contribution >= 0.6 is 0 Å². The van der Waals surface area contributed by atoms with Crippen LogP contribution in [0.15, 0.2) is 36.5 Å². The topological polar surface area (TPSA) is 72.5 Å². The molecular formula is C18H23N3O3. The van der Waals surface area contributed by atoms with Crippen LogP contribution in [0.4, 0.5) is 11.5 Å². The van der Waals surface area contributed by atoms with E-state index in [9.17, 15) is 4.79 Å². The molecule has 1 aromatic carbocycles. The van der Waals surface area contributed by atoms with Gasteiger partial charge in [0, 0.05) is 12.1 Å². The van der Waals surface area contributed by atoms with E-state index in [0.29, 0.717) is 28.7 Å². The van der Waals surface area contributed by atoms with Crippen molar-refractivity contribution < 1.29 is 14.3 Å². The Hall–Kier alpha value is -2.76. The molecule has 0 spiro atoms. The number of hydrogen-bond acceptors (Lipinski definition) is 5. The van der Waals surface area contributed by atoms with E-state index in [2.05, 4.69) is 29.5 Å². The fourth-order valence-electron chi connectivity index (χ4n) is 2.06. The maximum absolute atomic E-state index is 12.3. The Kier molecular flexibility index (Phi) is 6.01. The van der Waals surface area contributed by atoms with Gasteiger partial charge in [-0.1, -0.05) is 13.8 Å². The van der Waals surface area contributed by atoms with Gasteiger partial charge >= 0.3 is 0 Å². The van der Waals surface area contributed by atoms with Gasteiger partial charge in [-0.05, 0) is 36.2 Å². The lowest BCUT2D eigenvalue weighted by Gasteiger charge is -2.11. The summed E-state index contributed by atoms with van der Waals surface area (Å²) in [6.07, 6.45) is 1.63. The van der Waals surface area contributed by atoms with E-state index in [1.807, 2.05) is 12.1 Å². The minimum absolute atomic E-state index is 0.236. The minimum Gasteiger partial charge on any atom is -0.493 e. The number of aromatic nitrogens is 1. The third-order valence-corrected chi connectivity index (χ3v) is 3.36. The van der Waals surface area contributed by atoms with Crippen LogP contribution < -0.4 is 20.1 Å². The van der Waals surface area contributed by atoms with Gasteiger partial charge in [0.1, 0.15) is 5.82 Å². The van der Waals surface area contributed by atoms with E-state index in [1.54, 1.807) is 31.5 Å². The van der Waals surface area contributed by atoms with E-state index < -0.39 is 0 Å². The molecule has 0 fully saturated rings. The molecule has 1 amide bonds. The molecule has 6 heteroatoms. The number of nitrogens with zero attached hydrogens (tertiary/aromatic N) is 1. The highest BCUT2D eigenvalue weighted by Gasteiger charge is 2.11. The van der Waals surface area contributed by atoms with Crippen molar-refractivity contribution in [3.05, 3.63) is 42.1 Å². The molecule has 2 rings (SSSR count). The Labute approximate surface area is 142 Å². The third-order valence-electron chi connectivity index (χ3n) is 3.36. The summed E-state index contributed by atoms with van der Waals surface area (Å²) < 4.78 is 10.4. The molecule has 2 aromatic rings.